The highest BCUT2D eigenvalue weighted by Gasteiger charge is 2.27. The van der Waals surface area contributed by atoms with Crippen molar-refractivity contribution in [1.82, 2.24) is 14.9 Å². The third-order valence-corrected chi connectivity index (χ3v) is 5.90. The molecule has 0 atom stereocenters. The lowest BCUT2D eigenvalue weighted by atomic mass is 9.90. The van der Waals surface area contributed by atoms with E-state index < -0.39 is 0 Å². The Hall–Kier alpha value is -2.51. The molecule has 1 saturated heterocycles. The van der Waals surface area contributed by atoms with Crippen LogP contribution in [-0.4, -0.2) is 59.5 Å². The van der Waals surface area contributed by atoms with Crippen molar-refractivity contribution in [2.45, 2.75) is 37.8 Å². The fourth-order valence-corrected chi connectivity index (χ4v) is 4.30. The molecule has 2 heterocycles. The number of nitrogens with two attached hydrogens (primary N) is 1. The monoisotopic (exact) mass is 380 g/mol. The molecule has 4 rings (SSSR count). The molecular formula is C21H28N6O. The summed E-state index contributed by atoms with van der Waals surface area (Å²) in [5, 5.41) is 12.2. The second-order valence-electron chi connectivity index (χ2n) is 7.52. The fourth-order valence-electron chi connectivity index (χ4n) is 4.30. The average molecular weight is 380 g/mol. The highest BCUT2D eigenvalue weighted by molar-refractivity contribution is 6.09. The van der Waals surface area contributed by atoms with Crippen LogP contribution in [-0.2, 0) is 4.74 Å². The zero-order valence-corrected chi connectivity index (χ0v) is 16.1. The standard InChI is InChI=1S/C21H28N6O/c22-12-16(13-23)15-1-6-20-19(11-15)21(25-14-24-20)26-17-2-4-18(5-3-17)27-7-9-28-10-8-27/h1,6,11-14,17-18,22H,2-5,7-10,23H2,(H,24,25,26)/b16-13+,22-12?. The van der Waals surface area contributed by atoms with Crippen molar-refractivity contribution >= 4 is 28.5 Å². The lowest BCUT2D eigenvalue weighted by Crippen LogP contribution is -2.46. The van der Waals surface area contributed by atoms with Gasteiger partial charge in [-0.05, 0) is 43.4 Å². The van der Waals surface area contributed by atoms with Crippen LogP contribution in [0.1, 0.15) is 31.2 Å². The van der Waals surface area contributed by atoms with E-state index in [-0.39, 0.29) is 0 Å². The topological polar surface area (TPSA) is 100 Å². The summed E-state index contributed by atoms with van der Waals surface area (Å²) in [7, 11) is 0. The van der Waals surface area contributed by atoms with E-state index in [1.54, 1.807) is 6.33 Å². The summed E-state index contributed by atoms with van der Waals surface area (Å²) in [6.07, 6.45) is 9.03. The Bertz CT molecular complexity index is 853. The maximum atomic E-state index is 7.54. The predicted octanol–water partition coefficient (Wildman–Crippen LogP) is 2.63. The number of ether oxygens (including phenoxy) is 1. The van der Waals surface area contributed by atoms with Gasteiger partial charge in [-0.1, -0.05) is 6.07 Å². The summed E-state index contributed by atoms with van der Waals surface area (Å²) < 4.78 is 5.48. The van der Waals surface area contributed by atoms with Crippen LogP contribution in [0.3, 0.4) is 0 Å². The van der Waals surface area contributed by atoms with Gasteiger partial charge in [0.05, 0.1) is 18.7 Å². The van der Waals surface area contributed by atoms with Crippen LogP contribution < -0.4 is 11.1 Å². The van der Waals surface area contributed by atoms with E-state index in [4.69, 9.17) is 15.9 Å². The molecule has 2 aliphatic rings. The number of morpholine rings is 1. The summed E-state index contributed by atoms with van der Waals surface area (Å²) in [4.78, 5) is 11.5. The number of nitrogens with one attached hydrogen (secondary N) is 2. The molecule has 0 bridgehead atoms. The number of allylic oxidation sites excluding steroid dienone is 1. The molecule has 0 amide bonds. The van der Waals surface area contributed by atoms with Crippen LogP contribution in [0.2, 0.25) is 0 Å². The lowest BCUT2D eigenvalue weighted by Gasteiger charge is -2.39. The quantitative estimate of drug-likeness (QED) is 0.690. The molecule has 2 aromatic rings. The fraction of sp³-hybridized carbons (Fsp3) is 0.476. The first-order chi connectivity index (χ1) is 13.8. The molecule has 148 valence electrons. The van der Waals surface area contributed by atoms with E-state index in [0.29, 0.717) is 17.7 Å². The normalized spacial score (nSPS) is 24.2. The summed E-state index contributed by atoms with van der Waals surface area (Å²) in [5.74, 6) is 0.864. The molecule has 0 spiro atoms. The van der Waals surface area contributed by atoms with Gasteiger partial charge in [0.15, 0.2) is 0 Å². The van der Waals surface area contributed by atoms with Gasteiger partial charge in [-0.3, -0.25) is 4.90 Å². The third-order valence-electron chi connectivity index (χ3n) is 5.90. The van der Waals surface area contributed by atoms with Gasteiger partial charge in [0.25, 0.3) is 0 Å². The van der Waals surface area contributed by atoms with Gasteiger partial charge in [0.1, 0.15) is 12.1 Å². The lowest BCUT2D eigenvalue weighted by molar-refractivity contribution is 0.00791. The summed E-state index contributed by atoms with van der Waals surface area (Å²) in [6.45, 7) is 3.85. The number of rotatable bonds is 5. The van der Waals surface area contributed by atoms with Crippen molar-refractivity contribution in [3.63, 3.8) is 0 Å². The zero-order chi connectivity index (χ0) is 19.3. The molecular weight excluding hydrogens is 352 g/mol. The number of hydrogen-bond acceptors (Lipinski definition) is 7. The second kappa shape index (κ2) is 8.67. The minimum atomic E-state index is 0.423. The van der Waals surface area contributed by atoms with Gasteiger partial charge in [-0.25, -0.2) is 9.97 Å². The van der Waals surface area contributed by atoms with Gasteiger partial charge in [0, 0.05) is 48.5 Å². The first-order valence-electron chi connectivity index (χ1n) is 10.0. The molecule has 1 saturated carbocycles. The SMILES string of the molecule is N=C/C(=C\N)c1ccc2ncnc(NC3CCC(N4CCOCC4)CC3)c2c1. The van der Waals surface area contributed by atoms with E-state index in [2.05, 4.69) is 20.2 Å². The predicted molar refractivity (Wildman–Crippen MR) is 113 cm³/mol. The molecule has 1 aromatic carbocycles. The molecule has 7 nitrogen and oxygen atoms in total. The molecule has 2 fully saturated rings. The third kappa shape index (κ3) is 4.00. The van der Waals surface area contributed by atoms with Crippen LogP contribution in [0.5, 0.6) is 0 Å². The van der Waals surface area contributed by atoms with E-state index in [1.165, 1.54) is 25.3 Å². The zero-order valence-electron chi connectivity index (χ0n) is 16.1. The minimum absolute atomic E-state index is 0.423. The van der Waals surface area contributed by atoms with E-state index in [9.17, 15) is 0 Å². The number of nitrogens with zero attached hydrogens (tertiary/aromatic N) is 3. The number of hydrogen-bond donors (Lipinski definition) is 3. The van der Waals surface area contributed by atoms with Crippen molar-refractivity contribution in [2.24, 2.45) is 5.73 Å². The Labute approximate surface area is 165 Å². The van der Waals surface area contributed by atoms with Gasteiger partial charge in [-0.2, -0.15) is 0 Å². The highest BCUT2D eigenvalue weighted by Crippen LogP contribution is 2.29. The Balaban J connectivity index is 1.47. The van der Waals surface area contributed by atoms with Crippen LogP contribution in [0.15, 0.2) is 30.7 Å². The van der Waals surface area contributed by atoms with E-state index in [1.807, 2.05) is 18.2 Å². The van der Waals surface area contributed by atoms with Crippen molar-refractivity contribution < 1.29 is 4.74 Å². The number of benzene rings is 1. The summed E-state index contributed by atoms with van der Waals surface area (Å²) in [6, 6.07) is 7.02. The van der Waals surface area contributed by atoms with Crippen molar-refractivity contribution in [2.75, 3.05) is 31.6 Å². The number of aromatic nitrogens is 2. The van der Waals surface area contributed by atoms with Crippen LogP contribution in [0.25, 0.3) is 16.5 Å². The summed E-state index contributed by atoms with van der Waals surface area (Å²) >= 11 is 0. The average Bonchev–Trinajstić information content (AvgIpc) is 2.76. The van der Waals surface area contributed by atoms with Crippen LogP contribution in [0, 0.1) is 5.41 Å². The molecule has 7 heteroatoms. The van der Waals surface area contributed by atoms with Crippen molar-refractivity contribution in [3.05, 3.63) is 36.3 Å². The van der Waals surface area contributed by atoms with Crippen LogP contribution >= 0.6 is 0 Å². The Morgan fingerprint density at radius 2 is 1.96 bits per heavy atom. The van der Waals surface area contributed by atoms with Gasteiger partial charge >= 0.3 is 0 Å². The first kappa shape index (κ1) is 18.8. The minimum Gasteiger partial charge on any atom is -0.404 e. The number of anilines is 1. The number of fused-ring (bicyclic) bond motifs is 1. The van der Waals surface area contributed by atoms with Gasteiger partial charge in [0.2, 0.25) is 0 Å². The molecule has 0 radical (unpaired) electrons. The Morgan fingerprint density at radius 1 is 1.18 bits per heavy atom. The molecule has 1 aliphatic heterocycles. The smallest absolute Gasteiger partial charge is 0.137 e. The van der Waals surface area contributed by atoms with Gasteiger partial charge < -0.3 is 21.2 Å². The molecule has 0 unspecified atom stereocenters. The molecule has 28 heavy (non-hydrogen) atoms. The molecule has 1 aromatic heterocycles. The van der Waals surface area contributed by atoms with Crippen molar-refractivity contribution in [1.29, 1.82) is 5.41 Å². The summed E-state index contributed by atoms with van der Waals surface area (Å²) in [5.41, 5.74) is 8.13. The van der Waals surface area contributed by atoms with Crippen LogP contribution in [0.4, 0.5) is 5.82 Å². The molecule has 1 aliphatic carbocycles. The second-order valence-corrected chi connectivity index (χ2v) is 7.52. The maximum Gasteiger partial charge on any atom is 0.137 e. The maximum absolute atomic E-state index is 7.54. The van der Waals surface area contributed by atoms with Gasteiger partial charge in [-0.15, -0.1) is 0 Å². The Kier molecular flexibility index (Phi) is 5.83. The van der Waals surface area contributed by atoms with Crippen molar-refractivity contribution in [3.8, 4) is 0 Å². The molecule has 4 N–H and O–H groups in total. The van der Waals surface area contributed by atoms with E-state index in [0.717, 1.165) is 61.4 Å². The highest BCUT2D eigenvalue weighted by atomic mass is 16.5. The largest absolute Gasteiger partial charge is 0.404 e. The van der Waals surface area contributed by atoms with E-state index >= 15 is 0 Å². The first-order valence-corrected chi connectivity index (χ1v) is 10.0. The Morgan fingerprint density at radius 3 is 2.68 bits per heavy atom.